The van der Waals surface area contributed by atoms with Crippen molar-refractivity contribution < 1.29 is 4.79 Å². The van der Waals surface area contributed by atoms with Crippen molar-refractivity contribution in [3.8, 4) is 0 Å². The standard InChI is InChI=1S/C10H8N2O/c13-10-6-3-5-9(12-10)8-4-1-2-7-11-8/h1-5,7H,6H2. The lowest BCUT2D eigenvalue weighted by Crippen LogP contribution is -2.07. The van der Waals surface area contributed by atoms with Gasteiger partial charge >= 0.3 is 0 Å². The van der Waals surface area contributed by atoms with E-state index in [2.05, 4.69) is 9.98 Å². The molecule has 0 saturated heterocycles. The first-order valence-corrected chi connectivity index (χ1v) is 4.06. The number of hydrogen-bond acceptors (Lipinski definition) is 2. The fourth-order valence-electron chi connectivity index (χ4n) is 1.15. The Morgan fingerprint density at radius 1 is 1.31 bits per heavy atom. The highest BCUT2D eigenvalue weighted by molar-refractivity contribution is 6.13. The summed E-state index contributed by atoms with van der Waals surface area (Å²) in [6, 6.07) is 5.54. The third-order valence-electron chi connectivity index (χ3n) is 1.74. The second kappa shape index (κ2) is 3.31. The van der Waals surface area contributed by atoms with Crippen LogP contribution in [0.3, 0.4) is 0 Å². The fourth-order valence-corrected chi connectivity index (χ4v) is 1.15. The second-order valence-corrected chi connectivity index (χ2v) is 2.71. The van der Waals surface area contributed by atoms with E-state index < -0.39 is 0 Å². The molecule has 0 radical (unpaired) electrons. The van der Waals surface area contributed by atoms with Gasteiger partial charge in [0.15, 0.2) is 0 Å². The van der Waals surface area contributed by atoms with Gasteiger partial charge in [0.2, 0.25) is 5.91 Å². The average Bonchev–Trinajstić information content (AvgIpc) is 2.19. The maximum atomic E-state index is 11.0. The summed E-state index contributed by atoms with van der Waals surface area (Å²) in [6.07, 6.45) is 5.71. The summed E-state index contributed by atoms with van der Waals surface area (Å²) in [6.45, 7) is 0. The predicted octanol–water partition coefficient (Wildman–Crippen LogP) is 1.36. The van der Waals surface area contributed by atoms with Crippen molar-refractivity contribution in [2.45, 2.75) is 6.42 Å². The summed E-state index contributed by atoms with van der Waals surface area (Å²) in [4.78, 5) is 19.0. The topological polar surface area (TPSA) is 42.3 Å². The third-order valence-corrected chi connectivity index (χ3v) is 1.74. The molecule has 1 aliphatic heterocycles. The molecule has 3 nitrogen and oxygen atoms in total. The molecule has 0 saturated carbocycles. The summed E-state index contributed by atoms with van der Waals surface area (Å²) >= 11 is 0. The Kier molecular flexibility index (Phi) is 2.00. The smallest absolute Gasteiger partial charge is 0.250 e. The zero-order valence-corrected chi connectivity index (χ0v) is 6.97. The third kappa shape index (κ3) is 1.69. The van der Waals surface area contributed by atoms with Crippen LogP contribution >= 0.6 is 0 Å². The molecule has 0 bridgehead atoms. The van der Waals surface area contributed by atoms with Crippen LogP contribution in [0, 0.1) is 0 Å². The number of pyridine rings is 1. The molecule has 2 heterocycles. The molecule has 0 aromatic carbocycles. The minimum Gasteiger partial charge on any atom is -0.272 e. The number of allylic oxidation sites excluding steroid dienone is 1. The van der Waals surface area contributed by atoms with E-state index in [1.165, 1.54) is 0 Å². The molecule has 0 N–H and O–H groups in total. The minimum absolute atomic E-state index is 0.108. The summed E-state index contributed by atoms with van der Waals surface area (Å²) in [5, 5.41) is 0. The Morgan fingerprint density at radius 3 is 2.92 bits per heavy atom. The number of rotatable bonds is 1. The first-order chi connectivity index (χ1) is 6.36. The van der Waals surface area contributed by atoms with Gasteiger partial charge in [-0.25, -0.2) is 4.99 Å². The molecule has 13 heavy (non-hydrogen) atoms. The van der Waals surface area contributed by atoms with Gasteiger partial charge in [0.05, 0.1) is 11.4 Å². The maximum absolute atomic E-state index is 11.0. The van der Waals surface area contributed by atoms with Gasteiger partial charge in [0, 0.05) is 12.6 Å². The van der Waals surface area contributed by atoms with Crippen LogP contribution in [-0.2, 0) is 4.79 Å². The molecule has 1 aromatic heterocycles. The van der Waals surface area contributed by atoms with Crippen LogP contribution in [-0.4, -0.2) is 16.6 Å². The number of aliphatic imine (C=N–C) groups is 1. The largest absolute Gasteiger partial charge is 0.272 e. The molecule has 0 unspecified atom stereocenters. The van der Waals surface area contributed by atoms with Crippen molar-refractivity contribution in [1.29, 1.82) is 0 Å². The Morgan fingerprint density at radius 2 is 2.23 bits per heavy atom. The van der Waals surface area contributed by atoms with Gasteiger partial charge < -0.3 is 0 Å². The van der Waals surface area contributed by atoms with Crippen molar-refractivity contribution in [3.05, 3.63) is 42.2 Å². The van der Waals surface area contributed by atoms with Crippen LogP contribution in [0.2, 0.25) is 0 Å². The van der Waals surface area contributed by atoms with Crippen LogP contribution in [0.25, 0.3) is 0 Å². The Balaban J connectivity index is 2.37. The van der Waals surface area contributed by atoms with E-state index in [4.69, 9.17) is 0 Å². The lowest BCUT2D eigenvalue weighted by molar-refractivity contribution is -0.117. The minimum atomic E-state index is -0.108. The van der Waals surface area contributed by atoms with Crippen molar-refractivity contribution in [2.24, 2.45) is 4.99 Å². The molecule has 2 rings (SSSR count). The van der Waals surface area contributed by atoms with Crippen molar-refractivity contribution in [2.75, 3.05) is 0 Å². The summed E-state index contributed by atoms with van der Waals surface area (Å²) in [7, 11) is 0. The molecule has 0 fully saturated rings. The molecule has 3 heteroatoms. The highest BCUT2D eigenvalue weighted by Crippen LogP contribution is 2.05. The molecule has 0 aliphatic carbocycles. The number of dihydropyridines is 1. The van der Waals surface area contributed by atoms with Crippen LogP contribution in [0.5, 0.6) is 0 Å². The van der Waals surface area contributed by atoms with Gasteiger partial charge in [-0.3, -0.25) is 9.78 Å². The van der Waals surface area contributed by atoms with Crippen molar-refractivity contribution in [1.82, 2.24) is 4.98 Å². The van der Waals surface area contributed by atoms with Gasteiger partial charge in [-0.15, -0.1) is 0 Å². The average molecular weight is 172 g/mol. The summed E-state index contributed by atoms with van der Waals surface area (Å²) in [5.74, 6) is -0.108. The van der Waals surface area contributed by atoms with E-state index in [9.17, 15) is 4.79 Å². The van der Waals surface area contributed by atoms with E-state index in [0.717, 1.165) is 5.69 Å². The van der Waals surface area contributed by atoms with Gasteiger partial charge in [0.25, 0.3) is 0 Å². The van der Waals surface area contributed by atoms with Gasteiger partial charge in [-0.05, 0) is 18.2 Å². The first-order valence-electron chi connectivity index (χ1n) is 4.06. The fraction of sp³-hybridized carbons (Fsp3) is 0.100. The molecular formula is C10H8N2O. The van der Waals surface area contributed by atoms with E-state index >= 15 is 0 Å². The van der Waals surface area contributed by atoms with Crippen LogP contribution < -0.4 is 0 Å². The SMILES string of the molecule is O=C1CC=CC(c2ccccn2)=N1. The number of nitrogens with zero attached hydrogens (tertiary/aromatic N) is 2. The molecule has 1 aromatic rings. The normalized spacial score (nSPS) is 15.7. The summed E-state index contributed by atoms with van der Waals surface area (Å²) in [5.41, 5.74) is 1.39. The molecular weight excluding hydrogens is 164 g/mol. The zero-order valence-electron chi connectivity index (χ0n) is 6.97. The van der Waals surface area contributed by atoms with Crippen molar-refractivity contribution in [3.63, 3.8) is 0 Å². The number of amides is 1. The molecule has 0 atom stereocenters. The molecule has 1 amide bonds. The van der Waals surface area contributed by atoms with Gasteiger partial charge in [-0.2, -0.15) is 0 Å². The van der Waals surface area contributed by atoms with E-state index in [-0.39, 0.29) is 5.91 Å². The Hall–Kier alpha value is -1.77. The number of hydrogen-bond donors (Lipinski definition) is 0. The second-order valence-electron chi connectivity index (χ2n) is 2.71. The predicted molar refractivity (Wildman–Crippen MR) is 49.5 cm³/mol. The van der Waals surface area contributed by atoms with Crippen LogP contribution in [0.1, 0.15) is 12.1 Å². The monoisotopic (exact) mass is 172 g/mol. The van der Waals surface area contributed by atoms with Gasteiger partial charge in [0.1, 0.15) is 0 Å². The highest BCUT2D eigenvalue weighted by Gasteiger charge is 2.07. The van der Waals surface area contributed by atoms with Crippen LogP contribution in [0.4, 0.5) is 0 Å². The lowest BCUT2D eigenvalue weighted by Gasteiger charge is -2.03. The first kappa shape index (κ1) is 7.86. The Bertz CT molecular complexity index is 379. The quantitative estimate of drug-likeness (QED) is 0.641. The highest BCUT2D eigenvalue weighted by atomic mass is 16.1. The molecule has 1 aliphatic rings. The summed E-state index contributed by atoms with van der Waals surface area (Å²) < 4.78 is 0. The molecule has 64 valence electrons. The number of aromatic nitrogens is 1. The molecule has 0 spiro atoms. The lowest BCUT2D eigenvalue weighted by atomic mass is 10.1. The van der Waals surface area contributed by atoms with E-state index in [1.807, 2.05) is 24.3 Å². The zero-order chi connectivity index (χ0) is 9.10. The van der Waals surface area contributed by atoms with Crippen LogP contribution in [0.15, 0.2) is 41.5 Å². The number of carbonyl (C=O) groups excluding carboxylic acids is 1. The van der Waals surface area contributed by atoms with Crippen molar-refractivity contribution >= 4 is 11.6 Å². The van der Waals surface area contributed by atoms with Gasteiger partial charge in [-0.1, -0.05) is 12.1 Å². The number of carbonyl (C=O) groups is 1. The maximum Gasteiger partial charge on any atom is 0.250 e. The van der Waals surface area contributed by atoms with E-state index in [1.54, 1.807) is 12.3 Å². The van der Waals surface area contributed by atoms with E-state index in [0.29, 0.717) is 12.1 Å². The Labute approximate surface area is 75.8 Å².